The Kier molecular flexibility index (Phi) is 4.44. The molecule has 1 N–H and O–H groups in total. The highest BCUT2D eigenvalue weighted by Crippen LogP contribution is 2.14. The number of hydrogen-bond acceptors (Lipinski definition) is 5. The van der Waals surface area contributed by atoms with E-state index in [1.807, 2.05) is 34.6 Å². The molecule has 2 aromatic heterocycles. The molecule has 0 saturated heterocycles. The molecule has 0 aliphatic heterocycles. The fourth-order valence-electron chi connectivity index (χ4n) is 1.92. The molecule has 0 bridgehead atoms. The van der Waals surface area contributed by atoms with Crippen LogP contribution in [-0.2, 0) is 0 Å². The van der Waals surface area contributed by atoms with Gasteiger partial charge >= 0.3 is 0 Å². The summed E-state index contributed by atoms with van der Waals surface area (Å²) in [7, 11) is 0. The van der Waals surface area contributed by atoms with Gasteiger partial charge in [-0.25, -0.2) is 4.68 Å². The second-order valence-electron chi connectivity index (χ2n) is 5.92. The molecular weight excluding hydrogens is 282 g/mol. The van der Waals surface area contributed by atoms with Crippen molar-refractivity contribution in [1.29, 1.82) is 0 Å². The number of amides is 1. The molecule has 0 fully saturated rings. The maximum Gasteiger partial charge on any atom is 0.255 e. The van der Waals surface area contributed by atoms with Gasteiger partial charge in [-0.15, -0.1) is 10.2 Å². The number of hydrogen-bond donors (Lipinski definition) is 1. The minimum absolute atomic E-state index is 0.157. The Morgan fingerprint density at radius 1 is 1.32 bits per heavy atom. The van der Waals surface area contributed by atoms with E-state index in [4.69, 9.17) is 4.74 Å². The van der Waals surface area contributed by atoms with E-state index >= 15 is 0 Å². The summed E-state index contributed by atoms with van der Waals surface area (Å²) in [6, 6.07) is 3.48. The standard InChI is InChI=1S/C15H21N5O2/c1-6-22-13-8-7-12(18-19-13)20-10(2)11(9-16-20)14(21)17-15(3,4)5/h7-9H,6H2,1-5H3,(H,17,21). The van der Waals surface area contributed by atoms with E-state index in [-0.39, 0.29) is 11.4 Å². The third-order valence-corrected chi connectivity index (χ3v) is 2.88. The molecule has 0 atom stereocenters. The van der Waals surface area contributed by atoms with E-state index in [1.54, 1.807) is 16.8 Å². The average Bonchev–Trinajstić information content (AvgIpc) is 2.80. The van der Waals surface area contributed by atoms with E-state index < -0.39 is 0 Å². The summed E-state index contributed by atoms with van der Waals surface area (Å²) in [5.74, 6) is 0.840. The van der Waals surface area contributed by atoms with Crippen molar-refractivity contribution < 1.29 is 9.53 Å². The number of ether oxygens (including phenoxy) is 1. The molecule has 2 heterocycles. The van der Waals surface area contributed by atoms with Crippen LogP contribution in [0.2, 0.25) is 0 Å². The van der Waals surface area contributed by atoms with Crippen LogP contribution in [0, 0.1) is 6.92 Å². The second-order valence-corrected chi connectivity index (χ2v) is 5.92. The summed E-state index contributed by atoms with van der Waals surface area (Å²) in [4.78, 5) is 12.2. The van der Waals surface area contributed by atoms with Gasteiger partial charge in [-0.2, -0.15) is 5.10 Å². The molecule has 22 heavy (non-hydrogen) atoms. The van der Waals surface area contributed by atoms with Crippen molar-refractivity contribution in [3.8, 4) is 11.7 Å². The molecule has 0 radical (unpaired) electrons. The number of nitrogens with one attached hydrogen (secondary N) is 1. The van der Waals surface area contributed by atoms with Crippen LogP contribution in [0.15, 0.2) is 18.3 Å². The molecule has 0 spiro atoms. The van der Waals surface area contributed by atoms with Crippen LogP contribution < -0.4 is 10.1 Å². The van der Waals surface area contributed by atoms with Crippen LogP contribution in [0.4, 0.5) is 0 Å². The molecule has 0 aromatic carbocycles. The SMILES string of the molecule is CCOc1ccc(-n2ncc(C(=O)NC(C)(C)C)c2C)nn1. The smallest absolute Gasteiger partial charge is 0.255 e. The van der Waals surface area contributed by atoms with Gasteiger partial charge in [0, 0.05) is 11.6 Å². The molecule has 0 aliphatic carbocycles. The van der Waals surface area contributed by atoms with Crippen molar-refractivity contribution in [3.63, 3.8) is 0 Å². The quantitative estimate of drug-likeness (QED) is 0.933. The summed E-state index contributed by atoms with van der Waals surface area (Å²) < 4.78 is 6.84. The highest BCUT2D eigenvalue weighted by atomic mass is 16.5. The molecule has 2 aromatic rings. The Morgan fingerprint density at radius 3 is 2.59 bits per heavy atom. The Hall–Kier alpha value is -2.44. The minimum Gasteiger partial charge on any atom is -0.477 e. The van der Waals surface area contributed by atoms with E-state index in [0.29, 0.717) is 29.6 Å². The number of aromatic nitrogens is 4. The lowest BCUT2D eigenvalue weighted by Crippen LogP contribution is -2.40. The van der Waals surface area contributed by atoms with Crippen LogP contribution in [0.25, 0.3) is 5.82 Å². The van der Waals surface area contributed by atoms with Crippen molar-refractivity contribution in [2.45, 2.75) is 40.2 Å². The first-order valence-corrected chi connectivity index (χ1v) is 7.16. The Bertz CT molecular complexity index is 656. The van der Waals surface area contributed by atoms with Crippen LogP contribution >= 0.6 is 0 Å². The maximum atomic E-state index is 12.2. The van der Waals surface area contributed by atoms with Gasteiger partial charge in [-0.05, 0) is 40.7 Å². The lowest BCUT2D eigenvalue weighted by Gasteiger charge is -2.20. The van der Waals surface area contributed by atoms with Crippen LogP contribution in [0.1, 0.15) is 43.7 Å². The first-order chi connectivity index (χ1) is 10.3. The first-order valence-electron chi connectivity index (χ1n) is 7.16. The number of carbonyl (C=O) groups excluding carboxylic acids is 1. The predicted octanol–water partition coefficient (Wildman–Crippen LogP) is 1.90. The molecule has 0 saturated carbocycles. The summed E-state index contributed by atoms with van der Waals surface area (Å²) in [6.07, 6.45) is 1.54. The van der Waals surface area contributed by atoms with E-state index in [9.17, 15) is 4.79 Å². The Morgan fingerprint density at radius 2 is 2.05 bits per heavy atom. The van der Waals surface area contributed by atoms with Crippen molar-refractivity contribution in [2.75, 3.05) is 6.61 Å². The normalized spacial score (nSPS) is 11.3. The van der Waals surface area contributed by atoms with Crippen molar-refractivity contribution in [2.24, 2.45) is 0 Å². The van der Waals surface area contributed by atoms with Crippen LogP contribution in [0.5, 0.6) is 5.88 Å². The second kappa shape index (κ2) is 6.13. The van der Waals surface area contributed by atoms with E-state index in [0.717, 1.165) is 0 Å². The van der Waals surface area contributed by atoms with Gasteiger partial charge in [-0.3, -0.25) is 4.79 Å². The van der Waals surface area contributed by atoms with Crippen LogP contribution in [-0.4, -0.2) is 38.0 Å². The fraction of sp³-hybridized carbons (Fsp3) is 0.467. The monoisotopic (exact) mass is 303 g/mol. The third kappa shape index (κ3) is 3.60. The fourth-order valence-corrected chi connectivity index (χ4v) is 1.92. The molecule has 1 amide bonds. The van der Waals surface area contributed by atoms with Gasteiger partial charge in [0.25, 0.3) is 5.91 Å². The van der Waals surface area contributed by atoms with E-state index in [1.165, 1.54) is 6.20 Å². The zero-order valence-corrected chi connectivity index (χ0v) is 13.5. The summed E-state index contributed by atoms with van der Waals surface area (Å²) in [6.45, 7) is 10.0. The molecular formula is C15H21N5O2. The molecule has 7 nitrogen and oxygen atoms in total. The molecule has 0 aliphatic rings. The number of carbonyl (C=O) groups is 1. The average molecular weight is 303 g/mol. The minimum atomic E-state index is -0.301. The summed E-state index contributed by atoms with van der Waals surface area (Å²) in [5.41, 5.74) is 0.927. The van der Waals surface area contributed by atoms with Gasteiger partial charge in [0.05, 0.1) is 24.1 Å². The predicted molar refractivity (Wildman–Crippen MR) is 82.3 cm³/mol. The maximum absolute atomic E-state index is 12.2. The van der Waals surface area contributed by atoms with Gasteiger partial charge in [0.15, 0.2) is 5.82 Å². The zero-order chi connectivity index (χ0) is 16.3. The Labute approximate surface area is 129 Å². The summed E-state index contributed by atoms with van der Waals surface area (Å²) in [5, 5.41) is 15.2. The first kappa shape index (κ1) is 15.9. The highest BCUT2D eigenvalue weighted by Gasteiger charge is 2.20. The third-order valence-electron chi connectivity index (χ3n) is 2.88. The van der Waals surface area contributed by atoms with Crippen molar-refractivity contribution in [3.05, 3.63) is 29.6 Å². The van der Waals surface area contributed by atoms with Gasteiger partial charge in [0.1, 0.15) is 0 Å². The largest absolute Gasteiger partial charge is 0.477 e. The lowest BCUT2D eigenvalue weighted by molar-refractivity contribution is 0.0919. The lowest BCUT2D eigenvalue weighted by atomic mass is 10.1. The number of nitrogens with zero attached hydrogens (tertiary/aromatic N) is 4. The molecule has 118 valence electrons. The van der Waals surface area contributed by atoms with Gasteiger partial charge in [-0.1, -0.05) is 0 Å². The number of rotatable bonds is 4. The topological polar surface area (TPSA) is 81.9 Å². The van der Waals surface area contributed by atoms with Gasteiger partial charge < -0.3 is 10.1 Å². The zero-order valence-electron chi connectivity index (χ0n) is 13.5. The van der Waals surface area contributed by atoms with Crippen molar-refractivity contribution >= 4 is 5.91 Å². The van der Waals surface area contributed by atoms with Gasteiger partial charge in [0.2, 0.25) is 5.88 Å². The van der Waals surface area contributed by atoms with Crippen LogP contribution in [0.3, 0.4) is 0 Å². The molecule has 7 heteroatoms. The van der Waals surface area contributed by atoms with Crippen molar-refractivity contribution in [1.82, 2.24) is 25.3 Å². The molecule has 0 unspecified atom stereocenters. The highest BCUT2D eigenvalue weighted by molar-refractivity contribution is 5.95. The van der Waals surface area contributed by atoms with E-state index in [2.05, 4.69) is 20.6 Å². The molecule has 2 rings (SSSR count). The summed E-state index contributed by atoms with van der Waals surface area (Å²) >= 11 is 0. The Balaban J connectivity index is 2.25.